The molecule has 0 saturated heterocycles. The maximum Gasteiger partial charge on any atom is 0.196 e. The number of phenolic OH excluding ortho intramolecular Hbond substituents is 2. The van der Waals surface area contributed by atoms with Crippen LogP contribution in [-0.2, 0) is 0 Å². The van der Waals surface area contributed by atoms with Crippen molar-refractivity contribution in [1.29, 1.82) is 0 Å². The molecule has 0 heterocycles. The summed E-state index contributed by atoms with van der Waals surface area (Å²) in [5, 5.41) is 20.4. The number of rotatable bonds is 15. The topological polar surface area (TPSA) is 66.8 Å². The molecule has 2 aromatic carbocycles. The number of phenols is 2. The molecule has 0 aliphatic heterocycles. The number of carbonyl (C=O) groups is 1. The van der Waals surface area contributed by atoms with Crippen molar-refractivity contribution in [1.82, 2.24) is 0 Å². The Hall–Kier alpha value is -2.49. The van der Waals surface area contributed by atoms with E-state index in [1.807, 2.05) is 13.8 Å². The molecule has 32 heavy (non-hydrogen) atoms. The van der Waals surface area contributed by atoms with Crippen LogP contribution in [0.5, 0.6) is 17.2 Å². The fourth-order valence-corrected chi connectivity index (χ4v) is 3.89. The van der Waals surface area contributed by atoms with E-state index in [1.54, 1.807) is 24.3 Å². The molecule has 0 atom stereocenters. The lowest BCUT2D eigenvalue weighted by molar-refractivity contribution is 0.103. The Balaban J connectivity index is 1.75. The molecule has 0 saturated carbocycles. The third-order valence-corrected chi connectivity index (χ3v) is 5.87. The molecule has 0 aromatic heterocycles. The number of benzene rings is 2. The van der Waals surface area contributed by atoms with Gasteiger partial charge in [-0.2, -0.15) is 0 Å². The molecule has 0 bridgehead atoms. The van der Waals surface area contributed by atoms with Crippen molar-refractivity contribution in [3.63, 3.8) is 0 Å². The highest BCUT2D eigenvalue weighted by Gasteiger charge is 2.19. The van der Waals surface area contributed by atoms with E-state index in [2.05, 4.69) is 6.92 Å². The van der Waals surface area contributed by atoms with Crippen LogP contribution in [-0.4, -0.2) is 22.6 Å². The minimum atomic E-state index is -0.318. The van der Waals surface area contributed by atoms with Crippen LogP contribution in [0.1, 0.15) is 112 Å². The summed E-state index contributed by atoms with van der Waals surface area (Å²) in [4.78, 5) is 12.9. The van der Waals surface area contributed by atoms with E-state index in [4.69, 9.17) is 4.74 Å². The number of hydrogen-bond donors (Lipinski definition) is 2. The molecule has 0 unspecified atom stereocenters. The van der Waals surface area contributed by atoms with E-state index in [9.17, 15) is 15.0 Å². The number of hydrogen-bond acceptors (Lipinski definition) is 4. The first-order valence-corrected chi connectivity index (χ1v) is 12.3. The average Bonchev–Trinajstić information content (AvgIpc) is 2.78. The SMILES string of the molecule is CCCCCCCCCCCCOc1ccc(C(=O)c2cc(O)cc(C(C)C)c2O)cc1. The van der Waals surface area contributed by atoms with E-state index in [1.165, 1.54) is 69.9 Å². The molecule has 4 heteroatoms. The number of carbonyl (C=O) groups excluding carboxylic acids is 1. The van der Waals surface area contributed by atoms with Crippen LogP contribution in [0, 0.1) is 0 Å². The highest BCUT2D eigenvalue weighted by atomic mass is 16.5. The third kappa shape index (κ3) is 8.22. The lowest BCUT2D eigenvalue weighted by Gasteiger charge is -2.13. The maximum atomic E-state index is 12.9. The number of aromatic hydroxyl groups is 2. The Morgan fingerprint density at radius 1 is 0.844 bits per heavy atom. The van der Waals surface area contributed by atoms with Crippen molar-refractivity contribution in [2.45, 2.75) is 90.9 Å². The number of unbranched alkanes of at least 4 members (excludes halogenated alkanes) is 9. The molecule has 2 N–H and O–H groups in total. The standard InChI is InChI=1S/C28H40O4/c1-4-5-6-7-8-9-10-11-12-13-18-32-24-16-14-22(15-17-24)27(30)26-20-23(29)19-25(21(2)3)28(26)31/h14-17,19-21,29,31H,4-13,18H2,1-3H3. The summed E-state index contributed by atoms with van der Waals surface area (Å²) in [5.41, 5.74) is 1.13. The Kier molecular flexibility index (Phi) is 11.1. The first kappa shape index (κ1) is 25.8. The lowest BCUT2D eigenvalue weighted by Crippen LogP contribution is -2.04. The first-order chi connectivity index (χ1) is 15.4. The highest BCUT2D eigenvalue weighted by molar-refractivity contribution is 6.11. The van der Waals surface area contributed by atoms with Crippen LogP contribution in [0.25, 0.3) is 0 Å². The summed E-state index contributed by atoms with van der Waals surface area (Å²) in [6, 6.07) is 9.80. The summed E-state index contributed by atoms with van der Waals surface area (Å²) in [6.07, 6.45) is 12.9. The molecule has 0 spiro atoms. The van der Waals surface area contributed by atoms with Crippen molar-refractivity contribution in [2.75, 3.05) is 6.61 Å². The predicted molar refractivity (Wildman–Crippen MR) is 131 cm³/mol. The van der Waals surface area contributed by atoms with Crippen molar-refractivity contribution >= 4 is 5.78 Å². The van der Waals surface area contributed by atoms with Crippen LogP contribution in [0.3, 0.4) is 0 Å². The summed E-state index contributed by atoms with van der Waals surface area (Å²) in [5.74, 6) is 0.327. The first-order valence-electron chi connectivity index (χ1n) is 12.3. The minimum absolute atomic E-state index is 0.00443. The van der Waals surface area contributed by atoms with Crippen LogP contribution in [0.15, 0.2) is 36.4 Å². The summed E-state index contributed by atoms with van der Waals surface area (Å²) < 4.78 is 5.81. The Bertz CT molecular complexity index is 824. The van der Waals surface area contributed by atoms with Gasteiger partial charge in [0.2, 0.25) is 0 Å². The van der Waals surface area contributed by atoms with E-state index in [-0.39, 0.29) is 28.8 Å². The molecule has 176 valence electrons. The van der Waals surface area contributed by atoms with Gasteiger partial charge in [0.25, 0.3) is 0 Å². The summed E-state index contributed by atoms with van der Waals surface area (Å²) in [7, 11) is 0. The van der Waals surface area contributed by atoms with Gasteiger partial charge in [0.05, 0.1) is 12.2 Å². The second kappa shape index (κ2) is 13.8. The monoisotopic (exact) mass is 440 g/mol. The van der Waals surface area contributed by atoms with Crippen LogP contribution in [0.4, 0.5) is 0 Å². The van der Waals surface area contributed by atoms with Gasteiger partial charge in [0.15, 0.2) is 5.78 Å². The Morgan fingerprint density at radius 2 is 1.41 bits per heavy atom. The predicted octanol–water partition coefficient (Wildman–Crippen LogP) is 7.75. The molecule has 2 aromatic rings. The van der Waals surface area contributed by atoms with Gasteiger partial charge in [-0.3, -0.25) is 4.79 Å². The van der Waals surface area contributed by atoms with Gasteiger partial charge in [0.1, 0.15) is 17.2 Å². The second-order valence-corrected chi connectivity index (χ2v) is 8.97. The smallest absolute Gasteiger partial charge is 0.196 e. The van der Waals surface area contributed by atoms with Crippen LogP contribution in [0.2, 0.25) is 0 Å². The highest BCUT2D eigenvalue weighted by Crippen LogP contribution is 2.34. The van der Waals surface area contributed by atoms with Crippen molar-refractivity contribution in [2.24, 2.45) is 0 Å². The fourth-order valence-electron chi connectivity index (χ4n) is 3.89. The van der Waals surface area contributed by atoms with Crippen molar-refractivity contribution < 1.29 is 19.7 Å². The fraction of sp³-hybridized carbons (Fsp3) is 0.536. The Labute approximate surface area is 193 Å². The minimum Gasteiger partial charge on any atom is -0.508 e. The summed E-state index contributed by atoms with van der Waals surface area (Å²) in [6.45, 7) is 6.74. The lowest BCUT2D eigenvalue weighted by atomic mass is 9.94. The molecule has 0 amide bonds. The van der Waals surface area contributed by atoms with Gasteiger partial charge in [-0.05, 0) is 48.7 Å². The molecule has 0 radical (unpaired) electrons. The third-order valence-electron chi connectivity index (χ3n) is 5.87. The molecule has 2 rings (SSSR count). The molecule has 0 aliphatic carbocycles. The largest absolute Gasteiger partial charge is 0.508 e. The average molecular weight is 441 g/mol. The van der Waals surface area contributed by atoms with E-state index in [0.29, 0.717) is 17.7 Å². The zero-order valence-corrected chi connectivity index (χ0v) is 20.0. The quantitative estimate of drug-likeness (QED) is 0.169. The van der Waals surface area contributed by atoms with Crippen molar-refractivity contribution in [3.05, 3.63) is 53.1 Å². The van der Waals surface area contributed by atoms with E-state index in [0.717, 1.165) is 12.2 Å². The summed E-state index contributed by atoms with van der Waals surface area (Å²) >= 11 is 0. The molecule has 4 nitrogen and oxygen atoms in total. The number of ketones is 1. The van der Waals surface area contributed by atoms with Gasteiger partial charge in [0, 0.05) is 11.1 Å². The molecular weight excluding hydrogens is 400 g/mol. The normalized spacial score (nSPS) is 11.1. The van der Waals surface area contributed by atoms with Gasteiger partial charge < -0.3 is 14.9 Å². The maximum absolute atomic E-state index is 12.9. The van der Waals surface area contributed by atoms with Gasteiger partial charge in [-0.15, -0.1) is 0 Å². The van der Waals surface area contributed by atoms with Crippen molar-refractivity contribution in [3.8, 4) is 17.2 Å². The zero-order valence-electron chi connectivity index (χ0n) is 20.0. The van der Waals surface area contributed by atoms with E-state index >= 15 is 0 Å². The van der Waals surface area contributed by atoms with Gasteiger partial charge in [-0.25, -0.2) is 0 Å². The molecule has 0 aliphatic rings. The molecule has 0 fully saturated rings. The van der Waals surface area contributed by atoms with Crippen LogP contribution >= 0.6 is 0 Å². The van der Waals surface area contributed by atoms with Gasteiger partial charge in [-0.1, -0.05) is 78.6 Å². The van der Waals surface area contributed by atoms with E-state index < -0.39 is 0 Å². The van der Waals surface area contributed by atoms with Crippen LogP contribution < -0.4 is 4.74 Å². The molecular formula is C28H40O4. The second-order valence-electron chi connectivity index (χ2n) is 8.97. The van der Waals surface area contributed by atoms with Gasteiger partial charge >= 0.3 is 0 Å². The zero-order chi connectivity index (χ0) is 23.3. The number of ether oxygens (including phenoxy) is 1. The Morgan fingerprint density at radius 3 is 1.97 bits per heavy atom.